The number of amides is 1. The van der Waals surface area contributed by atoms with E-state index in [1.54, 1.807) is 12.3 Å². The Kier molecular flexibility index (Phi) is 5.29. The van der Waals surface area contributed by atoms with Crippen LogP contribution < -0.4 is 16.4 Å². The van der Waals surface area contributed by atoms with Gasteiger partial charge in [0.2, 0.25) is 0 Å². The molecule has 0 spiro atoms. The normalized spacial score (nSPS) is 11.7. The number of hydrogen-bond acceptors (Lipinski definition) is 4. The van der Waals surface area contributed by atoms with Crippen LogP contribution in [0.15, 0.2) is 48.7 Å². The van der Waals surface area contributed by atoms with E-state index in [1.165, 1.54) is 0 Å². The number of nitrogens with one attached hydrogen (secondary N) is 2. The van der Waals surface area contributed by atoms with Crippen LogP contribution in [0.2, 0.25) is 0 Å². The van der Waals surface area contributed by atoms with Crippen LogP contribution in [0.3, 0.4) is 0 Å². The average Bonchev–Trinajstić information content (AvgIpc) is 2.54. The quantitative estimate of drug-likeness (QED) is 0.757. The Morgan fingerprint density at radius 1 is 1.29 bits per heavy atom. The number of carbonyl (C=O) groups excluding carboxylic acids is 1. The molecule has 0 fully saturated rings. The van der Waals surface area contributed by atoms with Crippen molar-refractivity contribution in [2.75, 3.05) is 18.4 Å². The summed E-state index contributed by atoms with van der Waals surface area (Å²) in [5.74, 6) is -0.176. The van der Waals surface area contributed by atoms with Gasteiger partial charge in [0.25, 0.3) is 5.91 Å². The van der Waals surface area contributed by atoms with Crippen LogP contribution in [0.25, 0.3) is 0 Å². The summed E-state index contributed by atoms with van der Waals surface area (Å²) in [4.78, 5) is 15.9. The number of carbonyl (C=O) groups is 1. The van der Waals surface area contributed by atoms with Crippen LogP contribution in [-0.4, -0.2) is 24.0 Å². The zero-order valence-electron chi connectivity index (χ0n) is 12.0. The smallest absolute Gasteiger partial charge is 0.269 e. The predicted octanol–water partition coefficient (Wildman–Crippen LogP) is 1.94. The van der Waals surface area contributed by atoms with Crippen LogP contribution in [0.4, 0.5) is 5.69 Å². The number of nitrogens with two attached hydrogens (primary N) is 1. The molecule has 5 nitrogen and oxygen atoms in total. The van der Waals surface area contributed by atoms with Crippen molar-refractivity contribution < 1.29 is 4.79 Å². The summed E-state index contributed by atoms with van der Waals surface area (Å²) >= 11 is 0. The molecule has 0 saturated heterocycles. The Hall–Kier alpha value is -2.40. The van der Waals surface area contributed by atoms with E-state index in [-0.39, 0.29) is 11.9 Å². The summed E-state index contributed by atoms with van der Waals surface area (Å²) in [7, 11) is 0. The third-order valence-corrected chi connectivity index (χ3v) is 3.11. The van der Waals surface area contributed by atoms with Gasteiger partial charge in [-0.1, -0.05) is 30.3 Å². The number of benzene rings is 1. The van der Waals surface area contributed by atoms with Crippen molar-refractivity contribution in [2.24, 2.45) is 5.73 Å². The molecule has 1 amide bonds. The van der Waals surface area contributed by atoms with E-state index in [0.717, 1.165) is 11.3 Å². The molecule has 0 bridgehead atoms. The molecule has 5 heteroatoms. The molecular formula is C16H20N4O. The third-order valence-electron chi connectivity index (χ3n) is 3.11. The molecule has 110 valence electrons. The molecule has 0 aliphatic heterocycles. The van der Waals surface area contributed by atoms with Crippen molar-refractivity contribution in [3.8, 4) is 0 Å². The van der Waals surface area contributed by atoms with Gasteiger partial charge in [0.15, 0.2) is 0 Å². The number of hydrogen-bond donors (Lipinski definition) is 3. The highest BCUT2D eigenvalue weighted by Crippen LogP contribution is 2.18. The van der Waals surface area contributed by atoms with Crippen molar-refractivity contribution >= 4 is 11.6 Å². The van der Waals surface area contributed by atoms with Crippen LogP contribution in [0, 0.1) is 0 Å². The van der Waals surface area contributed by atoms with Gasteiger partial charge in [0.05, 0.1) is 6.04 Å². The molecule has 1 aromatic carbocycles. The summed E-state index contributed by atoms with van der Waals surface area (Å²) in [5.41, 5.74) is 8.17. The first-order chi connectivity index (χ1) is 10.2. The fourth-order valence-corrected chi connectivity index (χ4v) is 2.06. The molecule has 4 N–H and O–H groups in total. The predicted molar refractivity (Wildman–Crippen MR) is 84.1 cm³/mol. The second-order valence-corrected chi connectivity index (χ2v) is 4.63. The van der Waals surface area contributed by atoms with Crippen LogP contribution in [-0.2, 0) is 0 Å². The zero-order chi connectivity index (χ0) is 15.1. The highest BCUT2D eigenvalue weighted by atomic mass is 16.1. The standard InChI is InChI=1S/C16H20N4O/c1-2-18-16(21)14-10-13(8-9-19-14)20-15(11-17)12-6-4-3-5-7-12/h3-10,15H,2,11,17H2,1H3,(H,18,21)(H,19,20). The van der Waals surface area contributed by atoms with Crippen LogP contribution in [0.1, 0.15) is 29.0 Å². The summed E-state index contributed by atoms with van der Waals surface area (Å²) in [6, 6.07) is 13.5. The Labute approximate surface area is 124 Å². The Balaban J connectivity index is 2.15. The lowest BCUT2D eigenvalue weighted by Crippen LogP contribution is -2.24. The first kappa shape index (κ1) is 15.0. The SMILES string of the molecule is CCNC(=O)c1cc(NC(CN)c2ccccc2)ccn1. The number of nitrogens with zero attached hydrogens (tertiary/aromatic N) is 1. The zero-order valence-corrected chi connectivity index (χ0v) is 12.0. The minimum absolute atomic E-state index is 0.00399. The van der Waals surface area contributed by atoms with Gasteiger partial charge in [-0.25, -0.2) is 0 Å². The van der Waals surface area contributed by atoms with Crippen molar-refractivity contribution in [3.05, 3.63) is 59.9 Å². The highest BCUT2D eigenvalue weighted by Gasteiger charge is 2.11. The van der Waals surface area contributed by atoms with Crippen molar-refractivity contribution in [3.63, 3.8) is 0 Å². The van der Waals surface area contributed by atoms with Gasteiger partial charge in [0.1, 0.15) is 5.69 Å². The van der Waals surface area contributed by atoms with E-state index in [0.29, 0.717) is 18.8 Å². The van der Waals surface area contributed by atoms with Crippen LogP contribution >= 0.6 is 0 Å². The molecular weight excluding hydrogens is 264 g/mol. The molecule has 2 aromatic rings. The van der Waals surface area contributed by atoms with E-state index < -0.39 is 0 Å². The number of rotatable bonds is 6. The van der Waals surface area contributed by atoms with Crippen molar-refractivity contribution in [1.29, 1.82) is 0 Å². The maximum absolute atomic E-state index is 11.8. The molecule has 0 radical (unpaired) electrons. The molecule has 1 aromatic heterocycles. The number of pyridine rings is 1. The Morgan fingerprint density at radius 2 is 2.05 bits per heavy atom. The molecule has 0 saturated carbocycles. The lowest BCUT2D eigenvalue weighted by molar-refractivity contribution is 0.0951. The minimum atomic E-state index is -0.176. The fraction of sp³-hybridized carbons (Fsp3) is 0.250. The minimum Gasteiger partial charge on any atom is -0.377 e. The molecule has 0 aliphatic rings. The molecule has 0 aliphatic carbocycles. The first-order valence-corrected chi connectivity index (χ1v) is 7.00. The summed E-state index contributed by atoms with van der Waals surface area (Å²) in [5, 5.41) is 6.07. The van der Waals surface area contributed by atoms with Gasteiger partial charge in [-0.15, -0.1) is 0 Å². The van der Waals surface area contributed by atoms with Gasteiger partial charge in [0, 0.05) is 25.0 Å². The maximum atomic E-state index is 11.8. The van der Waals surface area contributed by atoms with E-state index >= 15 is 0 Å². The lowest BCUT2D eigenvalue weighted by atomic mass is 10.1. The van der Waals surface area contributed by atoms with Gasteiger partial charge in [-0.05, 0) is 24.6 Å². The first-order valence-electron chi connectivity index (χ1n) is 7.00. The second kappa shape index (κ2) is 7.40. The largest absolute Gasteiger partial charge is 0.377 e. The van der Waals surface area contributed by atoms with Crippen molar-refractivity contribution in [2.45, 2.75) is 13.0 Å². The topological polar surface area (TPSA) is 80.0 Å². The van der Waals surface area contributed by atoms with E-state index in [2.05, 4.69) is 15.6 Å². The molecule has 21 heavy (non-hydrogen) atoms. The van der Waals surface area contributed by atoms with Gasteiger partial charge in [-0.3, -0.25) is 9.78 Å². The molecule has 2 rings (SSSR count). The third kappa shape index (κ3) is 4.03. The van der Waals surface area contributed by atoms with Gasteiger partial charge < -0.3 is 16.4 Å². The van der Waals surface area contributed by atoms with Crippen LogP contribution in [0.5, 0.6) is 0 Å². The average molecular weight is 284 g/mol. The monoisotopic (exact) mass is 284 g/mol. The molecule has 1 unspecified atom stereocenters. The van der Waals surface area contributed by atoms with Gasteiger partial charge in [-0.2, -0.15) is 0 Å². The van der Waals surface area contributed by atoms with E-state index in [4.69, 9.17) is 5.73 Å². The Bertz CT molecular complexity index is 586. The Morgan fingerprint density at radius 3 is 2.71 bits per heavy atom. The molecule has 1 heterocycles. The van der Waals surface area contributed by atoms with E-state index in [9.17, 15) is 4.79 Å². The number of aromatic nitrogens is 1. The lowest BCUT2D eigenvalue weighted by Gasteiger charge is -2.18. The molecule has 1 atom stereocenters. The van der Waals surface area contributed by atoms with E-state index in [1.807, 2.05) is 43.3 Å². The summed E-state index contributed by atoms with van der Waals surface area (Å²) in [6.45, 7) is 2.91. The second-order valence-electron chi connectivity index (χ2n) is 4.63. The maximum Gasteiger partial charge on any atom is 0.269 e. The summed E-state index contributed by atoms with van der Waals surface area (Å²) in [6.07, 6.45) is 1.62. The summed E-state index contributed by atoms with van der Waals surface area (Å²) < 4.78 is 0. The highest BCUT2D eigenvalue weighted by molar-refractivity contribution is 5.93. The van der Waals surface area contributed by atoms with Gasteiger partial charge >= 0.3 is 0 Å². The van der Waals surface area contributed by atoms with Crippen molar-refractivity contribution in [1.82, 2.24) is 10.3 Å². The number of anilines is 1. The fourth-order valence-electron chi connectivity index (χ4n) is 2.06.